The van der Waals surface area contributed by atoms with Crippen LogP contribution in [0.3, 0.4) is 0 Å². The van der Waals surface area contributed by atoms with Gasteiger partial charge in [0.2, 0.25) is 0 Å². The number of hydrogen-bond acceptors (Lipinski definition) is 1. The summed E-state index contributed by atoms with van der Waals surface area (Å²) in [5, 5.41) is 0. The molecule has 1 fully saturated rings. The molecular formula is C14H22OSi. The van der Waals surface area contributed by atoms with E-state index in [1.54, 1.807) is 0 Å². The molecule has 2 rings (SSSR count). The van der Waals surface area contributed by atoms with Crippen LogP contribution in [0.5, 0.6) is 0 Å². The van der Waals surface area contributed by atoms with E-state index in [2.05, 4.69) is 43.4 Å². The molecule has 1 aromatic rings. The van der Waals surface area contributed by atoms with Crippen LogP contribution >= 0.6 is 0 Å². The van der Waals surface area contributed by atoms with Crippen LogP contribution < -0.4 is 0 Å². The minimum Gasteiger partial charge on any atom is -0.379 e. The fourth-order valence-electron chi connectivity index (χ4n) is 2.64. The van der Waals surface area contributed by atoms with Gasteiger partial charge in [0.1, 0.15) is 0 Å². The van der Waals surface area contributed by atoms with E-state index in [0.29, 0.717) is 6.10 Å². The van der Waals surface area contributed by atoms with Crippen molar-refractivity contribution in [3.63, 3.8) is 0 Å². The van der Waals surface area contributed by atoms with Crippen molar-refractivity contribution < 1.29 is 4.74 Å². The molecule has 1 heterocycles. The van der Waals surface area contributed by atoms with Crippen LogP contribution in [0.4, 0.5) is 0 Å². The monoisotopic (exact) mass is 234 g/mol. The lowest BCUT2D eigenvalue weighted by atomic mass is 10.2. The number of hydrogen-bond donors (Lipinski definition) is 0. The molecule has 1 saturated heterocycles. The SMILES string of the molecule is C[Si](C)(Cc1ccccc1)CC1CCCO1. The smallest absolute Gasteiger partial charge is 0.0552 e. The second-order valence-corrected chi connectivity index (χ2v) is 10.8. The van der Waals surface area contributed by atoms with Crippen LogP contribution in [0.15, 0.2) is 30.3 Å². The molecule has 2 heteroatoms. The molecule has 0 bridgehead atoms. The molecule has 1 unspecified atom stereocenters. The van der Waals surface area contributed by atoms with Crippen LogP contribution in [0.2, 0.25) is 19.1 Å². The molecule has 0 N–H and O–H groups in total. The molecule has 0 radical (unpaired) electrons. The van der Waals surface area contributed by atoms with E-state index in [9.17, 15) is 0 Å². The van der Waals surface area contributed by atoms with Crippen molar-refractivity contribution in [1.82, 2.24) is 0 Å². The van der Waals surface area contributed by atoms with Gasteiger partial charge >= 0.3 is 0 Å². The summed E-state index contributed by atoms with van der Waals surface area (Å²) in [5.41, 5.74) is 1.50. The molecule has 1 aliphatic heterocycles. The Balaban J connectivity index is 1.91. The van der Waals surface area contributed by atoms with Crippen LogP contribution in [-0.2, 0) is 10.8 Å². The lowest BCUT2D eigenvalue weighted by Gasteiger charge is -2.25. The summed E-state index contributed by atoms with van der Waals surface area (Å²) in [6.45, 7) is 5.96. The van der Waals surface area contributed by atoms with Crippen molar-refractivity contribution in [2.24, 2.45) is 0 Å². The summed E-state index contributed by atoms with van der Waals surface area (Å²) in [4.78, 5) is 0. The highest BCUT2D eigenvalue weighted by molar-refractivity contribution is 6.77. The van der Waals surface area contributed by atoms with E-state index in [-0.39, 0.29) is 0 Å². The molecule has 1 nitrogen and oxygen atoms in total. The molecule has 0 aromatic heterocycles. The second kappa shape index (κ2) is 5.15. The lowest BCUT2D eigenvalue weighted by Crippen LogP contribution is -2.33. The van der Waals surface area contributed by atoms with Gasteiger partial charge in [-0.1, -0.05) is 49.0 Å². The van der Waals surface area contributed by atoms with Gasteiger partial charge in [-0.15, -0.1) is 0 Å². The molecule has 0 amide bonds. The molecule has 88 valence electrons. The Hall–Kier alpha value is -0.603. The fourth-order valence-corrected chi connectivity index (χ4v) is 5.68. The van der Waals surface area contributed by atoms with Crippen LogP contribution in [0.25, 0.3) is 0 Å². The van der Waals surface area contributed by atoms with Crippen molar-refractivity contribution in [3.8, 4) is 0 Å². The Bertz CT molecular complexity index is 315. The number of ether oxygens (including phenoxy) is 1. The highest BCUT2D eigenvalue weighted by Gasteiger charge is 2.28. The zero-order valence-corrected chi connectivity index (χ0v) is 11.4. The summed E-state index contributed by atoms with van der Waals surface area (Å²) in [6, 6.07) is 13.5. The van der Waals surface area contributed by atoms with E-state index >= 15 is 0 Å². The first-order valence-corrected chi connectivity index (χ1v) is 9.73. The van der Waals surface area contributed by atoms with E-state index in [1.807, 2.05) is 0 Å². The number of benzene rings is 1. The average Bonchev–Trinajstić information content (AvgIpc) is 2.70. The zero-order valence-electron chi connectivity index (χ0n) is 10.4. The second-order valence-electron chi connectivity index (χ2n) is 5.67. The Morgan fingerprint density at radius 1 is 1.25 bits per heavy atom. The van der Waals surface area contributed by atoms with E-state index in [4.69, 9.17) is 4.74 Å². The largest absolute Gasteiger partial charge is 0.379 e. The van der Waals surface area contributed by atoms with Gasteiger partial charge in [0.15, 0.2) is 0 Å². The average molecular weight is 234 g/mol. The third-order valence-electron chi connectivity index (χ3n) is 3.33. The minimum atomic E-state index is -1.13. The fraction of sp³-hybridized carbons (Fsp3) is 0.571. The van der Waals surface area contributed by atoms with Gasteiger partial charge in [-0.25, -0.2) is 0 Å². The third kappa shape index (κ3) is 3.46. The summed E-state index contributed by atoms with van der Waals surface area (Å²) in [6.07, 6.45) is 3.11. The first kappa shape index (κ1) is 11.9. The molecule has 1 aromatic carbocycles. The first-order valence-electron chi connectivity index (χ1n) is 6.31. The van der Waals surface area contributed by atoms with Crippen LogP contribution in [0, 0.1) is 0 Å². The van der Waals surface area contributed by atoms with Gasteiger partial charge in [0.25, 0.3) is 0 Å². The van der Waals surface area contributed by atoms with Crippen LogP contribution in [-0.4, -0.2) is 20.8 Å². The van der Waals surface area contributed by atoms with Gasteiger partial charge in [0.05, 0.1) is 14.2 Å². The highest BCUT2D eigenvalue weighted by atomic mass is 28.3. The van der Waals surface area contributed by atoms with E-state index in [1.165, 1.54) is 30.5 Å². The maximum absolute atomic E-state index is 5.76. The molecule has 16 heavy (non-hydrogen) atoms. The first-order chi connectivity index (χ1) is 7.66. The number of rotatable bonds is 4. The summed E-state index contributed by atoms with van der Waals surface area (Å²) < 4.78 is 5.76. The Labute approximate surface area is 99.8 Å². The standard InChI is InChI=1S/C14H22OSi/c1-16(2,12-14-9-6-10-15-14)11-13-7-4-3-5-8-13/h3-5,7-8,14H,6,9-12H2,1-2H3. The van der Waals surface area contributed by atoms with Gasteiger partial charge in [-0.3, -0.25) is 0 Å². The molecule has 1 atom stereocenters. The normalized spacial score (nSPS) is 21.2. The molecule has 0 saturated carbocycles. The summed E-state index contributed by atoms with van der Waals surface area (Å²) in [7, 11) is -1.13. The van der Waals surface area contributed by atoms with Crippen molar-refractivity contribution in [2.75, 3.05) is 6.61 Å². The Kier molecular flexibility index (Phi) is 3.82. The maximum atomic E-state index is 5.76. The van der Waals surface area contributed by atoms with Gasteiger partial charge < -0.3 is 4.74 Å². The van der Waals surface area contributed by atoms with E-state index in [0.717, 1.165) is 6.61 Å². The molecular weight excluding hydrogens is 212 g/mol. The quantitative estimate of drug-likeness (QED) is 0.723. The molecule has 0 spiro atoms. The topological polar surface area (TPSA) is 9.23 Å². The minimum absolute atomic E-state index is 0.561. The molecule has 1 aliphatic rings. The molecule has 0 aliphatic carbocycles. The third-order valence-corrected chi connectivity index (χ3v) is 6.26. The van der Waals surface area contributed by atoms with Crippen molar-refractivity contribution in [1.29, 1.82) is 0 Å². The maximum Gasteiger partial charge on any atom is 0.0552 e. The predicted octanol–water partition coefficient (Wildman–Crippen LogP) is 3.66. The summed E-state index contributed by atoms with van der Waals surface area (Å²) in [5.74, 6) is 0. The lowest BCUT2D eigenvalue weighted by molar-refractivity contribution is 0.124. The van der Waals surface area contributed by atoms with Gasteiger partial charge in [-0.05, 0) is 24.9 Å². The predicted molar refractivity (Wildman–Crippen MR) is 71.4 cm³/mol. The highest BCUT2D eigenvalue weighted by Crippen LogP contribution is 2.25. The Morgan fingerprint density at radius 2 is 2.00 bits per heavy atom. The van der Waals surface area contributed by atoms with Crippen molar-refractivity contribution in [2.45, 2.75) is 44.1 Å². The van der Waals surface area contributed by atoms with Crippen molar-refractivity contribution >= 4 is 8.07 Å². The zero-order chi connectivity index (χ0) is 11.4. The Morgan fingerprint density at radius 3 is 2.62 bits per heavy atom. The van der Waals surface area contributed by atoms with Crippen molar-refractivity contribution in [3.05, 3.63) is 35.9 Å². The van der Waals surface area contributed by atoms with Gasteiger partial charge in [0, 0.05) is 6.61 Å². The van der Waals surface area contributed by atoms with Gasteiger partial charge in [-0.2, -0.15) is 0 Å². The van der Waals surface area contributed by atoms with E-state index < -0.39 is 8.07 Å². The summed E-state index contributed by atoms with van der Waals surface area (Å²) >= 11 is 0. The van der Waals surface area contributed by atoms with Crippen LogP contribution in [0.1, 0.15) is 18.4 Å².